The first kappa shape index (κ1) is 13.5. The molecule has 1 aliphatic heterocycles. The summed E-state index contributed by atoms with van der Waals surface area (Å²) in [6.45, 7) is 1.28. The van der Waals surface area contributed by atoms with Crippen molar-refractivity contribution >= 4 is 28.9 Å². The first-order valence-electron chi connectivity index (χ1n) is 6.53. The Morgan fingerprint density at radius 1 is 1.20 bits per heavy atom. The number of pyridine rings is 1. The van der Waals surface area contributed by atoms with Gasteiger partial charge in [0.05, 0.1) is 16.4 Å². The lowest BCUT2D eigenvalue weighted by Crippen LogP contribution is -2.13. The molecular formula is C15H14Cl2N2O. The molecule has 0 atom stereocenters. The van der Waals surface area contributed by atoms with Crippen molar-refractivity contribution in [3.8, 4) is 5.75 Å². The van der Waals surface area contributed by atoms with E-state index in [1.54, 1.807) is 12.1 Å². The van der Waals surface area contributed by atoms with Crippen LogP contribution in [0.1, 0.15) is 17.7 Å². The highest BCUT2D eigenvalue weighted by atomic mass is 35.5. The van der Waals surface area contributed by atoms with Crippen LogP contribution in [0.4, 0.5) is 5.69 Å². The van der Waals surface area contributed by atoms with Gasteiger partial charge in [-0.1, -0.05) is 35.3 Å². The van der Waals surface area contributed by atoms with Crippen LogP contribution in [-0.2, 0) is 13.0 Å². The minimum atomic E-state index is 0.303. The van der Waals surface area contributed by atoms with Crippen molar-refractivity contribution in [2.75, 3.05) is 11.9 Å². The van der Waals surface area contributed by atoms with E-state index >= 15 is 0 Å². The lowest BCUT2D eigenvalue weighted by molar-refractivity contribution is 0.302. The number of rotatable bonds is 3. The average molecular weight is 309 g/mol. The summed E-state index contributed by atoms with van der Waals surface area (Å²) in [5.41, 5.74) is 3.02. The largest absolute Gasteiger partial charge is 0.485 e. The van der Waals surface area contributed by atoms with Gasteiger partial charge < -0.3 is 10.1 Å². The molecule has 0 amide bonds. The SMILES string of the molecule is Clc1ccc(Cl)c(COc2cccc3c2NCCC3)n1. The van der Waals surface area contributed by atoms with Crippen LogP contribution >= 0.6 is 23.2 Å². The van der Waals surface area contributed by atoms with Crippen molar-refractivity contribution in [3.05, 3.63) is 51.8 Å². The maximum absolute atomic E-state index is 6.09. The van der Waals surface area contributed by atoms with Gasteiger partial charge in [-0.25, -0.2) is 4.98 Å². The molecule has 20 heavy (non-hydrogen) atoms. The number of aryl methyl sites for hydroxylation is 1. The fraction of sp³-hybridized carbons (Fsp3) is 0.267. The van der Waals surface area contributed by atoms with E-state index in [0.717, 1.165) is 30.8 Å². The number of hydrogen-bond acceptors (Lipinski definition) is 3. The van der Waals surface area contributed by atoms with Crippen LogP contribution < -0.4 is 10.1 Å². The highest BCUT2D eigenvalue weighted by Gasteiger charge is 2.14. The fourth-order valence-corrected chi connectivity index (χ4v) is 2.63. The molecular weight excluding hydrogens is 295 g/mol. The first-order chi connectivity index (χ1) is 9.74. The maximum Gasteiger partial charge on any atom is 0.143 e. The lowest BCUT2D eigenvalue weighted by Gasteiger charge is -2.21. The second kappa shape index (κ2) is 5.90. The van der Waals surface area contributed by atoms with E-state index in [2.05, 4.69) is 16.4 Å². The third-order valence-electron chi connectivity index (χ3n) is 3.29. The van der Waals surface area contributed by atoms with Gasteiger partial charge in [-0.3, -0.25) is 0 Å². The molecule has 1 aromatic heterocycles. The van der Waals surface area contributed by atoms with Gasteiger partial charge in [-0.15, -0.1) is 0 Å². The Balaban J connectivity index is 1.80. The van der Waals surface area contributed by atoms with Gasteiger partial charge in [0.15, 0.2) is 0 Å². The predicted octanol–water partition coefficient (Wildman–Crippen LogP) is 4.33. The van der Waals surface area contributed by atoms with Crippen LogP contribution in [0.15, 0.2) is 30.3 Å². The Morgan fingerprint density at radius 2 is 2.10 bits per heavy atom. The summed E-state index contributed by atoms with van der Waals surface area (Å²) >= 11 is 12.0. The van der Waals surface area contributed by atoms with Gasteiger partial charge >= 0.3 is 0 Å². The van der Waals surface area contributed by atoms with Crippen molar-refractivity contribution in [1.82, 2.24) is 4.98 Å². The molecule has 0 bridgehead atoms. The number of nitrogens with one attached hydrogen (secondary N) is 1. The highest BCUT2D eigenvalue weighted by molar-refractivity contribution is 6.32. The zero-order valence-electron chi connectivity index (χ0n) is 10.8. The number of halogens is 2. The fourth-order valence-electron chi connectivity index (χ4n) is 2.30. The molecule has 104 valence electrons. The summed E-state index contributed by atoms with van der Waals surface area (Å²) < 4.78 is 5.86. The van der Waals surface area contributed by atoms with E-state index in [1.165, 1.54) is 5.56 Å². The maximum atomic E-state index is 6.09. The zero-order chi connectivity index (χ0) is 13.9. The van der Waals surface area contributed by atoms with E-state index in [1.807, 2.05) is 12.1 Å². The predicted molar refractivity (Wildman–Crippen MR) is 81.8 cm³/mol. The monoisotopic (exact) mass is 308 g/mol. The van der Waals surface area contributed by atoms with Gasteiger partial charge in [0.1, 0.15) is 17.5 Å². The molecule has 0 fully saturated rings. The molecule has 0 radical (unpaired) electrons. The smallest absolute Gasteiger partial charge is 0.143 e. The van der Waals surface area contributed by atoms with Gasteiger partial charge in [-0.05, 0) is 36.6 Å². The second-order valence-electron chi connectivity index (χ2n) is 4.67. The molecule has 0 aliphatic carbocycles. The molecule has 1 N–H and O–H groups in total. The van der Waals surface area contributed by atoms with Crippen LogP contribution in [0.3, 0.4) is 0 Å². The second-order valence-corrected chi connectivity index (χ2v) is 5.47. The van der Waals surface area contributed by atoms with Crippen LogP contribution in [0.5, 0.6) is 5.75 Å². The van der Waals surface area contributed by atoms with Crippen LogP contribution in [0, 0.1) is 0 Å². The number of nitrogens with zero attached hydrogens (tertiary/aromatic N) is 1. The van der Waals surface area contributed by atoms with Gasteiger partial charge in [0, 0.05) is 6.54 Å². The van der Waals surface area contributed by atoms with Gasteiger partial charge in [0.25, 0.3) is 0 Å². The van der Waals surface area contributed by atoms with E-state index in [4.69, 9.17) is 27.9 Å². The van der Waals surface area contributed by atoms with E-state index < -0.39 is 0 Å². The van der Waals surface area contributed by atoms with Crippen molar-refractivity contribution in [3.63, 3.8) is 0 Å². The van der Waals surface area contributed by atoms with Crippen LogP contribution in [0.25, 0.3) is 0 Å². The van der Waals surface area contributed by atoms with Crippen molar-refractivity contribution in [2.24, 2.45) is 0 Å². The van der Waals surface area contributed by atoms with Crippen molar-refractivity contribution in [1.29, 1.82) is 0 Å². The van der Waals surface area contributed by atoms with Crippen LogP contribution in [0.2, 0.25) is 10.2 Å². The van der Waals surface area contributed by atoms with E-state index in [9.17, 15) is 0 Å². The Morgan fingerprint density at radius 3 is 3.00 bits per heavy atom. The number of benzene rings is 1. The first-order valence-corrected chi connectivity index (χ1v) is 7.29. The van der Waals surface area contributed by atoms with E-state index in [-0.39, 0.29) is 0 Å². The number of hydrogen-bond donors (Lipinski definition) is 1. The number of para-hydroxylation sites is 1. The molecule has 0 spiro atoms. The third kappa shape index (κ3) is 2.84. The normalized spacial score (nSPS) is 13.5. The van der Waals surface area contributed by atoms with E-state index in [0.29, 0.717) is 22.5 Å². The minimum absolute atomic E-state index is 0.303. The van der Waals surface area contributed by atoms with Gasteiger partial charge in [-0.2, -0.15) is 0 Å². The summed E-state index contributed by atoms with van der Waals surface area (Å²) in [6, 6.07) is 9.48. The quantitative estimate of drug-likeness (QED) is 0.857. The Kier molecular flexibility index (Phi) is 3.99. The molecule has 5 heteroatoms. The molecule has 3 rings (SSSR count). The van der Waals surface area contributed by atoms with Crippen molar-refractivity contribution < 1.29 is 4.74 Å². The Hall–Kier alpha value is -1.45. The topological polar surface area (TPSA) is 34.1 Å². The summed E-state index contributed by atoms with van der Waals surface area (Å²) in [5, 5.41) is 4.37. The minimum Gasteiger partial charge on any atom is -0.485 e. The summed E-state index contributed by atoms with van der Waals surface area (Å²) in [5.74, 6) is 0.833. The average Bonchev–Trinajstić information content (AvgIpc) is 2.48. The molecule has 0 saturated heterocycles. The summed E-state index contributed by atoms with van der Waals surface area (Å²) in [4.78, 5) is 4.19. The molecule has 1 aliphatic rings. The van der Waals surface area contributed by atoms with Crippen molar-refractivity contribution in [2.45, 2.75) is 19.4 Å². The molecule has 2 heterocycles. The number of anilines is 1. The molecule has 0 saturated carbocycles. The summed E-state index contributed by atoms with van der Waals surface area (Å²) in [7, 11) is 0. The number of aromatic nitrogens is 1. The highest BCUT2D eigenvalue weighted by Crippen LogP contribution is 2.32. The molecule has 3 nitrogen and oxygen atoms in total. The number of ether oxygens (including phenoxy) is 1. The zero-order valence-corrected chi connectivity index (χ0v) is 12.3. The van der Waals surface area contributed by atoms with Crippen LogP contribution in [-0.4, -0.2) is 11.5 Å². The molecule has 2 aromatic rings. The van der Waals surface area contributed by atoms with Gasteiger partial charge in [0.2, 0.25) is 0 Å². The standard InChI is InChI=1S/C15H14Cl2N2O/c16-11-6-7-14(17)19-12(11)9-20-13-5-1-3-10-4-2-8-18-15(10)13/h1,3,5-7,18H,2,4,8-9H2. The molecule has 1 aromatic carbocycles. The molecule has 0 unspecified atom stereocenters. The number of fused-ring (bicyclic) bond motifs is 1. The Labute approximate surface area is 127 Å². The summed E-state index contributed by atoms with van der Waals surface area (Å²) in [6.07, 6.45) is 2.23. The Bertz CT molecular complexity index is 631. The third-order valence-corrected chi connectivity index (χ3v) is 3.84. The lowest BCUT2D eigenvalue weighted by atomic mass is 10.0.